The molecule has 2 N–H and O–H groups in total. The highest BCUT2D eigenvalue weighted by Crippen LogP contribution is 2.08. The molecule has 0 radical (unpaired) electrons. The second-order valence-electron chi connectivity index (χ2n) is 3.81. The summed E-state index contributed by atoms with van der Waals surface area (Å²) < 4.78 is 0. The molecule has 84 valence electrons. The van der Waals surface area contributed by atoms with Gasteiger partial charge in [0.1, 0.15) is 0 Å². The summed E-state index contributed by atoms with van der Waals surface area (Å²) in [7, 11) is 1.77. The van der Waals surface area contributed by atoms with Crippen molar-refractivity contribution in [2.45, 2.75) is 19.4 Å². The Balaban J connectivity index is 2.38. The molecule has 0 bridgehead atoms. The van der Waals surface area contributed by atoms with Crippen molar-refractivity contribution in [1.82, 2.24) is 10.2 Å². The van der Waals surface area contributed by atoms with Crippen molar-refractivity contribution in [3.05, 3.63) is 11.6 Å². The van der Waals surface area contributed by atoms with Gasteiger partial charge in [0.2, 0.25) is 5.91 Å². The molecule has 1 fully saturated rings. The van der Waals surface area contributed by atoms with Crippen LogP contribution in [0.4, 0.5) is 0 Å². The lowest BCUT2D eigenvalue weighted by Gasteiger charge is -2.11. The standard InChI is InChI=1S/C10H16N2O3/c1-7(5-9(13)14)6-11-8-3-4-12(2)10(8)15/h5,8,11H,3-4,6H2,1-2H3,(H,13,14). The van der Waals surface area contributed by atoms with Crippen LogP contribution in [-0.4, -0.2) is 48.1 Å². The van der Waals surface area contributed by atoms with Crippen LogP contribution in [0.5, 0.6) is 0 Å². The fourth-order valence-electron chi connectivity index (χ4n) is 1.56. The number of hydrogen-bond donors (Lipinski definition) is 2. The quantitative estimate of drug-likeness (QED) is 0.635. The summed E-state index contributed by atoms with van der Waals surface area (Å²) in [5.74, 6) is -0.873. The molecule has 1 aliphatic heterocycles. The molecule has 15 heavy (non-hydrogen) atoms. The van der Waals surface area contributed by atoms with E-state index >= 15 is 0 Å². The molecule has 1 unspecified atom stereocenters. The lowest BCUT2D eigenvalue weighted by molar-refractivity contribution is -0.131. The summed E-state index contributed by atoms with van der Waals surface area (Å²) in [4.78, 5) is 23.5. The van der Waals surface area contributed by atoms with Crippen molar-refractivity contribution in [3.63, 3.8) is 0 Å². The molecule has 1 rings (SSSR count). The van der Waals surface area contributed by atoms with Crippen LogP contribution in [0.1, 0.15) is 13.3 Å². The molecule has 1 amide bonds. The van der Waals surface area contributed by atoms with Crippen LogP contribution in [0.2, 0.25) is 0 Å². The first-order chi connectivity index (χ1) is 7.00. The first-order valence-corrected chi connectivity index (χ1v) is 4.89. The van der Waals surface area contributed by atoms with Gasteiger partial charge in [-0.1, -0.05) is 5.57 Å². The number of nitrogens with one attached hydrogen (secondary N) is 1. The summed E-state index contributed by atoms with van der Waals surface area (Å²) in [6, 6.07) is -0.160. The summed E-state index contributed by atoms with van der Waals surface area (Å²) in [5, 5.41) is 11.5. The van der Waals surface area contributed by atoms with E-state index in [-0.39, 0.29) is 11.9 Å². The average Bonchev–Trinajstić information content (AvgIpc) is 2.44. The molecule has 1 atom stereocenters. The first kappa shape index (κ1) is 11.7. The van der Waals surface area contributed by atoms with Crippen molar-refractivity contribution in [1.29, 1.82) is 0 Å². The summed E-state index contributed by atoms with van der Waals surface area (Å²) >= 11 is 0. The normalized spacial score (nSPS) is 22.3. The number of likely N-dealkylation sites (tertiary alicyclic amines) is 1. The van der Waals surface area contributed by atoms with Gasteiger partial charge in [-0.05, 0) is 13.3 Å². The van der Waals surface area contributed by atoms with E-state index in [9.17, 15) is 9.59 Å². The van der Waals surface area contributed by atoms with Gasteiger partial charge in [-0.15, -0.1) is 0 Å². The second-order valence-corrected chi connectivity index (χ2v) is 3.81. The van der Waals surface area contributed by atoms with Crippen LogP contribution in [0.25, 0.3) is 0 Å². The third kappa shape index (κ3) is 3.36. The van der Waals surface area contributed by atoms with Crippen LogP contribution in [-0.2, 0) is 9.59 Å². The molecule has 0 spiro atoms. The van der Waals surface area contributed by atoms with Gasteiger partial charge in [0.15, 0.2) is 0 Å². The third-order valence-electron chi connectivity index (χ3n) is 2.42. The highest BCUT2D eigenvalue weighted by Gasteiger charge is 2.28. The molecular formula is C10H16N2O3. The van der Waals surface area contributed by atoms with Gasteiger partial charge in [-0.2, -0.15) is 0 Å². The predicted molar refractivity (Wildman–Crippen MR) is 55.4 cm³/mol. The van der Waals surface area contributed by atoms with Gasteiger partial charge >= 0.3 is 5.97 Å². The Morgan fingerprint density at radius 3 is 2.87 bits per heavy atom. The molecule has 5 heteroatoms. The number of carbonyl (C=O) groups is 2. The van der Waals surface area contributed by atoms with Crippen LogP contribution in [0, 0.1) is 0 Å². The number of carbonyl (C=O) groups excluding carboxylic acids is 1. The number of likely N-dealkylation sites (N-methyl/N-ethyl adjacent to an activating group) is 1. The summed E-state index contributed by atoms with van der Waals surface area (Å²) in [6.07, 6.45) is 1.94. The molecule has 1 saturated heterocycles. The Morgan fingerprint density at radius 2 is 2.40 bits per heavy atom. The van der Waals surface area contributed by atoms with Crippen molar-refractivity contribution in [2.24, 2.45) is 0 Å². The van der Waals surface area contributed by atoms with E-state index in [1.165, 1.54) is 0 Å². The Bertz CT molecular complexity index is 299. The van der Waals surface area contributed by atoms with E-state index in [1.807, 2.05) is 0 Å². The average molecular weight is 212 g/mol. The van der Waals surface area contributed by atoms with Crippen LogP contribution in [0.15, 0.2) is 11.6 Å². The fraction of sp³-hybridized carbons (Fsp3) is 0.600. The Labute approximate surface area is 88.8 Å². The van der Waals surface area contributed by atoms with Crippen molar-refractivity contribution in [3.8, 4) is 0 Å². The smallest absolute Gasteiger partial charge is 0.328 e. The number of amides is 1. The molecular weight excluding hydrogens is 196 g/mol. The zero-order valence-electron chi connectivity index (χ0n) is 8.99. The molecule has 1 aliphatic rings. The summed E-state index contributed by atoms with van der Waals surface area (Å²) in [5.41, 5.74) is 0.713. The van der Waals surface area contributed by atoms with Crippen molar-refractivity contribution >= 4 is 11.9 Å². The minimum atomic E-state index is -0.954. The zero-order chi connectivity index (χ0) is 11.4. The first-order valence-electron chi connectivity index (χ1n) is 4.89. The minimum absolute atomic E-state index is 0.0816. The van der Waals surface area contributed by atoms with Crippen LogP contribution >= 0.6 is 0 Å². The maximum absolute atomic E-state index is 11.5. The van der Waals surface area contributed by atoms with E-state index in [1.54, 1.807) is 18.9 Å². The maximum atomic E-state index is 11.5. The number of nitrogens with zero attached hydrogens (tertiary/aromatic N) is 1. The fourth-order valence-corrected chi connectivity index (χ4v) is 1.56. The Morgan fingerprint density at radius 1 is 1.73 bits per heavy atom. The van der Waals surface area contributed by atoms with Gasteiger partial charge in [0.25, 0.3) is 0 Å². The monoisotopic (exact) mass is 212 g/mol. The van der Waals surface area contributed by atoms with E-state index < -0.39 is 5.97 Å². The Hall–Kier alpha value is -1.36. The van der Waals surface area contributed by atoms with E-state index in [2.05, 4.69) is 5.32 Å². The lowest BCUT2D eigenvalue weighted by Crippen LogP contribution is -2.37. The van der Waals surface area contributed by atoms with Gasteiger partial charge in [-0.25, -0.2) is 4.79 Å². The molecule has 0 aromatic heterocycles. The highest BCUT2D eigenvalue weighted by atomic mass is 16.4. The zero-order valence-corrected chi connectivity index (χ0v) is 8.99. The molecule has 0 aromatic rings. The molecule has 1 heterocycles. The Kier molecular flexibility index (Phi) is 3.85. The number of carboxylic acids is 1. The van der Waals surface area contributed by atoms with Crippen LogP contribution in [0.3, 0.4) is 0 Å². The van der Waals surface area contributed by atoms with Crippen molar-refractivity contribution in [2.75, 3.05) is 20.1 Å². The van der Waals surface area contributed by atoms with Gasteiger partial charge < -0.3 is 15.3 Å². The van der Waals surface area contributed by atoms with Crippen LogP contribution < -0.4 is 5.32 Å². The summed E-state index contributed by atoms with van der Waals surface area (Å²) in [6.45, 7) is 2.93. The van der Waals surface area contributed by atoms with Crippen molar-refractivity contribution < 1.29 is 14.7 Å². The second kappa shape index (κ2) is 4.93. The van der Waals surface area contributed by atoms with Gasteiger partial charge in [0.05, 0.1) is 6.04 Å². The topological polar surface area (TPSA) is 69.6 Å². The number of carboxylic acid groups (broad SMARTS) is 1. The highest BCUT2D eigenvalue weighted by molar-refractivity contribution is 5.83. The van der Waals surface area contributed by atoms with E-state index in [0.717, 1.165) is 19.0 Å². The molecule has 0 saturated carbocycles. The number of rotatable bonds is 4. The van der Waals surface area contributed by atoms with Gasteiger partial charge in [0, 0.05) is 26.2 Å². The SMILES string of the molecule is CC(=CC(=O)O)CNC1CCN(C)C1=O. The molecule has 0 aliphatic carbocycles. The largest absolute Gasteiger partial charge is 0.478 e. The van der Waals surface area contributed by atoms with E-state index in [0.29, 0.717) is 12.1 Å². The van der Waals surface area contributed by atoms with E-state index in [4.69, 9.17) is 5.11 Å². The predicted octanol–water partition coefficient (Wildman–Crippen LogP) is -0.162. The number of hydrogen-bond acceptors (Lipinski definition) is 3. The molecule has 5 nitrogen and oxygen atoms in total. The van der Waals surface area contributed by atoms with Gasteiger partial charge in [-0.3, -0.25) is 4.79 Å². The minimum Gasteiger partial charge on any atom is -0.478 e. The maximum Gasteiger partial charge on any atom is 0.328 e. The number of aliphatic carboxylic acids is 1. The lowest BCUT2D eigenvalue weighted by atomic mass is 10.2. The molecule has 0 aromatic carbocycles. The third-order valence-corrected chi connectivity index (χ3v) is 2.42.